The Labute approximate surface area is 211 Å². The summed E-state index contributed by atoms with van der Waals surface area (Å²) in [5.41, 5.74) is 1.48. The molecule has 1 saturated heterocycles. The summed E-state index contributed by atoms with van der Waals surface area (Å²) in [6.07, 6.45) is 4.47. The SMILES string of the molecule is O=C1CC(O)C[C@H](/C=C/c2cnc3cc(Sc4ccccc4)c(F)cc3c2Sc2ccccc2)O1. The van der Waals surface area contributed by atoms with E-state index in [2.05, 4.69) is 4.98 Å². The molecule has 1 fully saturated rings. The molecule has 2 heterocycles. The molecule has 2 atom stereocenters. The molecule has 1 N–H and O–H groups in total. The zero-order chi connectivity index (χ0) is 24.2. The lowest BCUT2D eigenvalue weighted by Gasteiger charge is -2.23. The lowest BCUT2D eigenvalue weighted by atomic mass is 10.0. The number of aliphatic hydroxyl groups is 1. The topological polar surface area (TPSA) is 59.4 Å². The van der Waals surface area contributed by atoms with E-state index in [1.54, 1.807) is 24.4 Å². The summed E-state index contributed by atoms with van der Waals surface area (Å²) in [5, 5.41) is 10.6. The van der Waals surface area contributed by atoms with Crippen LogP contribution >= 0.6 is 23.5 Å². The van der Waals surface area contributed by atoms with Gasteiger partial charge in [0.05, 0.1) is 22.9 Å². The smallest absolute Gasteiger partial charge is 0.309 e. The number of cyclic esters (lactones) is 1. The Bertz CT molecular complexity index is 1380. The fourth-order valence-corrected chi connectivity index (χ4v) is 5.77. The van der Waals surface area contributed by atoms with Crippen LogP contribution in [0.5, 0.6) is 0 Å². The molecule has 4 aromatic rings. The van der Waals surface area contributed by atoms with Gasteiger partial charge in [0.25, 0.3) is 0 Å². The van der Waals surface area contributed by atoms with Crippen LogP contribution in [0.4, 0.5) is 4.39 Å². The van der Waals surface area contributed by atoms with Gasteiger partial charge in [-0.3, -0.25) is 9.78 Å². The molecular weight excluding hydrogens is 481 g/mol. The number of halogens is 1. The zero-order valence-corrected chi connectivity index (χ0v) is 20.3. The lowest BCUT2D eigenvalue weighted by molar-refractivity contribution is -0.156. The summed E-state index contributed by atoms with van der Waals surface area (Å²) in [6.45, 7) is 0. The molecule has 5 rings (SSSR count). The Balaban J connectivity index is 1.54. The van der Waals surface area contributed by atoms with E-state index in [-0.39, 0.29) is 12.2 Å². The van der Waals surface area contributed by atoms with Crippen molar-refractivity contribution in [2.45, 2.75) is 44.6 Å². The average Bonchev–Trinajstić information content (AvgIpc) is 2.85. The van der Waals surface area contributed by atoms with Crippen molar-refractivity contribution in [1.29, 1.82) is 0 Å². The Hall–Kier alpha value is -3.13. The van der Waals surface area contributed by atoms with Gasteiger partial charge >= 0.3 is 5.97 Å². The van der Waals surface area contributed by atoms with Crippen LogP contribution in [0.15, 0.2) is 105 Å². The summed E-state index contributed by atoms with van der Waals surface area (Å²) < 4.78 is 20.6. The van der Waals surface area contributed by atoms with Crippen molar-refractivity contribution in [3.8, 4) is 0 Å². The third kappa shape index (κ3) is 5.75. The van der Waals surface area contributed by atoms with Crippen LogP contribution < -0.4 is 0 Å². The highest BCUT2D eigenvalue weighted by Crippen LogP contribution is 2.39. The van der Waals surface area contributed by atoms with Crippen LogP contribution in [0.25, 0.3) is 17.0 Å². The van der Waals surface area contributed by atoms with Gasteiger partial charge < -0.3 is 9.84 Å². The molecule has 1 aliphatic rings. The van der Waals surface area contributed by atoms with E-state index in [9.17, 15) is 9.90 Å². The highest BCUT2D eigenvalue weighted by Gasteiger charge is 2.25. The standard InChI is InChI=1S/C28H22FNO3S2/c29-24-15-23-25(16-26(24)34-21-7-3-1-4-8-21)30-17-18(28(23)35-22-9-5-2-6-10-22)11-12-20-13-19(31)14-27(32)33-20/h1-12,15-17,19-20,31H,13-14H2/b12-11+/t19?,20-/m0/s1. The second-order valence-electron chi connectivity index (χ2n) is 8.15. The predicted octanol–water partition coefficient (Wildman–Crippen LogP) is 6.76. The summed E-state index contributed by atoms with van der Waals surface area (Å²) in [7, 11) is 0. The molecule has 176 valence electrons. The van der Waals surface area contributed by atoms with E-state index in [0.717, 1.165) is 20.2 Å². The summed E-state index contributed by atoms with van der Waals surface area (Å²) in [5.74, 6) is -0.729. The number of aliphatic hydroxyl groups excluding tert-OH is 1. The van der Waals surface area contributed by atoms with Crippen molar-refractivity contribution in [2.24, 2.45) is 0 Å². The maximum Gasteiger partial charge on any atom is 0.309 e. The number of hydrogen-bond acceptors (Lipinski definition) is 6. The largest absolute Gasteiger partial charge is 0.458 e. The Morgan fingerprint density at radius 2 is 1.69 bits per heavy atom. The maximum absolute atomic E-state index is 15.3. The van der Waals surface area contributed by atoms with Crippen molar-refractivity contribution in [1.82, 2.24) is 4.98 Å². The minimum Gasteiger partial charge on any atom is -0.458 e. The number of esters is 1. The first-order chi connectivity index (χ1) is 17.0. The number of hydrogen-bond donors (Lipinski definition) is 1. The van der Waals surface area contributed by atoms with Gasteiger partial charge in [-0.05, 0) is 42.5 Å². The van der Waals surface area contributed by atoms with Crippen molar-refractivity contribution < 1.29 is 19.0 Å². The highest BCUT2D eigenvalue weighted by molar-refractivity contribution is 7.99. The van der Waals surface area contributed by atoms with E-state index < -0.39 is 18.2 Å². The minimum atomic E-state index is -0.714. The van der Waals surface area contributed by atoms with Crippen LogP contribution in [-0.2, 0) is 9.53 Å². The highest BCUT2D eigenvalue weighted by atomic mass is 32.2. The number of aromatic nitrogens is 1. The number of rotatable bonds is 6. The van der Waals surface area contributed by atoms with Crippen LogP contribution in [0, 0.1) is 5.82 Å². The first-order valence-corrected chi connectivity index (χ1v) is 12.8. The monoisotopic (exact) mass is 503 g/mol. The van der Waals surface area contributed by atoms with Crippen LogP contribution in [0.2, 0.25) is 0 Å². The molecule has 4 nitrogen and oxygen atoms in total. The fraction of sp³-hybridized carbons (Fsp3) is 0.143. The zero-order valence-electron chi connectivity index (χ0n) is 18.6. The van der Waals surface area contributed by atoms with E-state index in [1.807, 2.05) is 66.7 Å². The fourth-order valence-electron chi connectivity index (χ4n) is 3.86. The number of carbonyl (C=O) groups is 1. The normalized spacial score (nSPS) is 18.2. The molecule has 7 heteroatoms. The molecule has 3 aromatic carbocycles. The number of carbonyl (C=O) groups excluding carboxylic acids is 1. The summed E-state index contributed by atoms with van der Waals surface area (Å²) in [4.78, 5) is 19.7. The van der Waals surface area contributed by atoms with Crippen molar-refractivity contribution in [3.63, 3.8) is 0 Å². The Morgan fingerprint density at radius 1 is 1.00 bits per heavy atom. The Morgan fingerprint density at radius 3 is 2.37 bits per heavy atom. The van der Waals surface area contributed by atoms with Crippen molar-refractivity contribution in [2.75, 3.05) is 0 Å². The summed E-state index contributed by atoms with van der Waals surface area (Å²) >= 11 is 2.89. The predicted molar refractivity (Wildman–Crippen MR) is 137 cm³/mol. The number of nitrogens with zero attached hydrogens (tertiary/aromatic N) is 1. The van der Waals surface area contributed by atoms with E-state index in [4.69, 9.17) is 4.74 Å². The minimum absolute atomic E-state index is 0.0135. The van der Waals surface area contributed by atoms with Crippen molar-refractivity contribution >= 4 is 46.5 Å². The quantitative estimate of drug-likeness (QED) is 0.294. The molecule has 1 aliphatic heterocycles. The third-order valence-electron chi connectivity index (χ3n) is 5.51. The molecule has 0 bridgehead atoms. The van der Waals surface area contributed by atoms with Gasteiger partial charge in [-0.1, -0.05) is 66.0 Å². The number of fused-ring (bicyclic) bond motifs is 1. The molecule has 1 aromatic heterocycles. The van der Waals surface area contributed by atoms with Crippen LogP contribution in [-0.4, -0.2) is 28.3 Å². The van der Waals surface area contributed by atoms with Crippen LogP contribution in [0.3, 0.4) is 0 Å². The molecule has 0 radical (unpaired) electrons. The van der Waals surface area contributed by atoms with Gasteiger partial charge in [0.15, 0.2) is 0 Å². The molecule has 1 unspecified atom stereocenters. The molecule has 0 amide bonds. The van der Waals surface area contributed by atoms with Crippen molar-refractivity contribution in [3.05, 3.63) is 96.4 Å². The average molecular weight is 504 g/mol. The van der Waals surface area contributed by atoms with E-state index >= 15 is 4.39 Å². The van der Waals surface area contributed by atoms with E-state index in [0.29, 0.717) is 22.2 Å². The van der Waals surface area contributed by atoms with Gasteiger partial charge in [0, 0.05) is 38.3 Å². The molecule has 0 saturated carbocycles. The molecule has 0 aliphatic carbocycles. The molecule has 0 spiro atoms. The Kier molecular flexibility index (Phi) is 7.18. The third-order valence-corrected chi connectivity index (χ3v) is 7.72. The van der Waals surface area contributed by atoms with Gasteiger partial charge in [-0.2, -0.15) is 0 Å². The number of ether oxygens (including phenoxy) is 1. The molecule has 35 heavy (non-hydrogen) atoms. The second-order valence-corrected chi connectivity index (χ2v) is 10.4. The second kappa shape index (κ2) is 10.6. The van der Waals surface area contributed by atoms with Gasteiger partial charge in [0.2, 0.25) is 0 Å². The van der Waals surface area contributed by atoms with E-state index in [1.165, 1.54) is 23.5 Å². The number of benzene rings is 3. The number of pyridine rings is 1. The summed E-state index contributed by atoms with van der Waals surface area (Å²) in [6, 6.07) is 22.9. The molecular formula is C28H22FNO3S2. The first kappa shape index (κ1) is 23.6. The van der Waals surface area contributed by atoms with Gasteiger partial charge in [-0.15, -0.1) is 0 Å². The van der Waals surface area contributed by atoms with Gasteiger partial charge in [0.1, 0.15) is 11.9 Å². The van der Waals surface area contributed by atoms with Gasteiger partial charge in [-0.25, -0.2) is 4.39 Å². The lowest BCUT2D eigenvalue weighted by Crippen LogP contribution is -2.31. The first-order valence-electron chi connectivity index (χ1n) is 11.2. The maximum atomic E-state index is 15.3. The van der Waals surface area contributed by atoms with Crippen LogP contribution in [0.1, 0.15) is 18.4 Å².